The molecule has 0 spiro atoms. The molecule has 0 unspecified atom stereocenters. The Kier molecular flexibility index (Phi) is 5.40. The van der Waals surface area contributed by atoms with Crippen LogP contribution in [0.15, 0.2) is 0 Å². The number of hydrogen-bond acceptors (Lipinski definition) is 4. The molecule has 0 aliphatic heterocycles. The van der Waals surface area contributed by atoms with Gasteiger partial charge in [-0.05, 0) is 13.3 Å². The molecule has 0 aromatic rings. The van der Waals surface area contributed by atoms with E-state index in [1.165, 1.54) is 0 Å². The van der Waals surface area contributed by atoms with Crippen LogP contribution in [0.5, 0.6) is 0 Å². The molecular weight excluding hydrogens is 207 g/mol. The van der Waals surface area contributed by atoms with Crippen molar-refractivity contribution in [2.75, 3.05) is 40.8 Å². The van der Waals surface area contributed by atoms with E-state index in [1.54, 1.807) is 34.7 Å². The largest absolute Gasteiger partial charge is 0.500 e. The summed E-state index contributed by atoms with van der Waals surface area (Å²) in [6.07, 6.45) is 0.606. The monoisotopic (exact) mass is 226 g/mol. The molecule has 0 bridgehead atoms. The third-order valence-corrected chi connectivity index (χ3v) is 6.34. The van der Waals surface area contributed by atoms with Gasteiger partial charge in [0, 0.05) is 33.5 Å². The first kappa shape index (κ1) is 13.3. The van der Waals surface area contributed by atoms with Gasteiger partial charge in [0.25, 0.3) is 0 Å². The minimum absolute atomic E-state index is 0.606. The van der Waals surface area contributed by atoms with E-state index in [0.29, 0.717) is 12.2 Å². The summed E-state index contributed by atoms with van der Waals surface area (Å²) in [7, 11) is 0.188. The third-order valence-electron chi connectivity index (χ3n) is 1.89. The summed E-state index contributed by atoms with van der Waals surface area (Å²) in [5, 5.41) is 0. The Hall–Kier alpha value is 0.327. The Morgan fingerprint density at radius 2 is 1.46 bits per heavy atom. The van der Waals surface area contributed by atoms with Gasteiger partial charge in [-0.15, -0.1) is 0 Å². The molecule has 0 N–H and O–H groups in total. The topological polar surface area (TPSA) is 44.8 Å². The van der Waals surface area contributed by atoms with Gasteiger partial charge < -0.3 is 17.8 Å². The van der Waals surface area contributed by atoms with E-state index in [0.717, 1.165) is 0 Å². The van der Waals surface area contributed by atoms with Gasteiger partial charge in [0.1, 0.15) is 0 Å². The van der Waals surface area contributed by atoms with E-state index in [9.17, 15) is 4.57 Å². The number of rotatable bonds is 6. The first-order valence-electron chi connectivity index (χ1n) is 4.08. The smallest absolute Gasteiger partial charge is 0.377 e. The van der Waals surface area contributed by atoms with Crippen LogP contribution in [0.2, 0.25) is 6.04 Å². The van der Waals surface area contributed by atoms with Gasteiger partial charge in [-0.1, -0.05) is 0 Å². The van der Waals surface area contributed by atoms with Crippen molar-refractivity contribution in [1.82, 2.24) is 0 Å². The molecule has 0 aromatic heterocycles. The van der Waals surface area contributed by atoms with Crippen molar-refractivity contribution in [2.45, 2.75) is 6.04 Å². The predicted molar refractivity (Wildman–Crippen MR) is 55.9 cm³/mol. The lowest BCUT2D eigenvalue weighted by Crippen LogP contribution is -2.43. The standard InChI is InChI=1S/C7H19O4PSi/c1-9-13(10-2,11-3)7-6-12(4,5)8/h6-7H2,1-5H3. The Morgan fingerprint density at radius 3 is 1.69 bits per heavy atom. The average molecular weight is 226 g/mol. The Bertz CT molecular complexity index is 179. The highest BCUT2D eigenvalue weighted by atomic mass is 31.2. The minimum Gasteiger partial charge on any atom is -0.377 e. The Morgan fingerprint density at radius 1 is 1.08 bits per heavy atom. The molecule has 0 aliphatic rings. The summed E-state index contributed by atoms with van der Waals surface area (Å²) in [5.74, 6) is 0. The minimum atomic E-state index is -2.50. The molecule has 80 valence electrons. The maximum absolute atomic E-state index is 11.5. The van der Waals surface area contributed by atoms with Gasteiger partial charge in [0.15, 0.2) is 0 Å². The molecule has 0 heterocycles. The van der Waals surface area contributed by atoms with Crippen molar-refractivity contribution >= 4 is 15.9 Å². The summed E-state index contributed by atoms with van der Waals surface area (Å²) < 4.78 is 27.1. The van der Waals surface area contributed by atoms with E-state index in [4.69, 9.17) is 13.3 Å². The fraction of sp³-hybridized carbons (Fsp3) is 1.00. The molecule has 13 heavy (non-hydrogen) atoms. The summed E-state index contributed by atoms with van der Waals surface area (Å²) in [4.78, 5) is 0. The van der Waals surface area contributed by atoms with Crippen LogP contribution in [0, 0.1) is 0 Å². The third kappa shape index (κ3) is 4.93. The fourth-order valence-electron chi connectivity index (χ4n) is 0.962. The van der Waals surface area contributed by atoms with E-state index in [2.05, 4.69) is 0 Å². The average Bonchev–Trinajstić information content (AvgIpc) is 2.06. The quantitative estimate of drug-likeness (QED) is 0.508. The van der Waals surface area contributed by atoms with Crippen LogP contribution in [0.1, 0.15) is 0 Å². The van der Waals surface area contributed by atoms with Crippen molar-refractivity contribution in [3.63, 3.8) is 0 Å². The van der Waals surface area contributed by atoms with Crippen LogP contribution in [-0.4, -0.2) is 49.6 Å². The van der Waals surface area contributed by atoms with Crippen LogP contribution < -0.4 is 0 Å². The molecule has 0 rings (SSSR count). The second kappa shape index (κ2) is 5.27. The van der Waals surface area contributed by atoms with Crippen LogP contribution in [0.25, 0.3) is 0 Å². The van der Waals surface area contributed by atoms with Crippen molar-refractivity contribution in [2.24, 2.45) is 0 Å². The van der Waals surface area contributed by atoms with Crippen LogP contribution >= 0.6 is 7.14 Å². The molecular formula is C7H19O4PSi. The van der Waals surface area contributed by atoms with E-state index in [1.807, 2.05) is 0 Å². The molecule has 0 aliphatic carbocycles. The molecule has 0 atom stereocenters. The summed E-state index contributed by atoms with van der Waals surface area (Å²) in [5.41, 5.74) is 0. The zero-order valence-electron chi connectivity index (χ0n) is 8.99. The Balaban J connectivity index is 4.19. The summed E-state index contributed by atoms with van der Waals surface area (Å²) >= 11 is 0. The fourth-order valence-corrected chi connectivity index (χ4v) is 5.32. The molecule has 0 radical (unpaired) electrons. The Labute approximate surface area is 81.3 Å². The first-order valence-corrected chi connectivity index (χ1v) is 8.80. The van der Waals surface area contributed by atoms with Gasteiger partial charge in [-0.25, -0.2) is 0 Å². The van der Waals surface area contributed by atoms with Crippen molar-refractivity contribution in [3.8, 4) is 0 Å². The zero-order valence-corrected chi connectivity index (χ0v) is 10.9. The second-order valence-corrected chi connectivity index (χ2v) is 10.0. The maximum atomic E-state index is 11.5. The van der Waals surface area contributed by atoms with Gasteiger partial charge in [-0.3, -0.25) is 0 Å². The molecule has 0 amide bonds. The van der Waals surface area contributed by atoms with Crippen molar-refractivity contribution < 1.29 is 17.8 Å². The maximum Gasteiger partial charge on any atom is 0.500 e. The lowest BCUT2D eigenvalue weighted by Gasteiger charge is -2.24. The lowest BCUT2D eigenvalue weighted by molar-refractivity contribution is 0.125. The first-order chi connectivity index (χ1) is 5.89. The predicted octanol–water partition coefficient (Wildman–Crippen LogP) is 1.49. The van der Waals surface area contributed by atoms with Gasteiger partial charge >= 0.3 is 8.80 Å². The molecule has 0 fully saturated rings. The van der Waals surface area contributed by atoms with Gasteiger partial charge in [-0.2, -0.15) is 0 Å². The highest BCUT2D eigenvalue weighted by Gasteiger charge is 2.38. The second-order valence-electron chi connectivity index (χ2n) is 3.34. The van der Waals surface area contributed by atoms with Crippen LogP contribution in [-0.2, 0) is 17.8 Å². The van der Waals surface area contributed by atoms with Crippen LogP contribution in [0.4, 0.5) is 0 Å². The highest BCUT2D eigenvalue weighted by Crippen LogP contribution is 2.38. The summed E-state index contributed by atoms with van der Waals surface area (Å²) in [6.45, 7) is 3.51. The van der Waals surface area contributed by atoms with Crippen molar-refractivity contribution in [3.05, 3.63) is 0 Å². The SMILES string of the molecule is CO[Si](CCP(C)(C)=O)(OC)OC. The molecule has 4 nitrogen and oxygen atoms in total. The van der Waals surface area contributed by atoms with E-state index < -0.39 is 15.9 Å². The molecule has 0 aromatic carbocycles. The molecule has 0 saturated carbocycles. The molecule has 0 saturated heterocycles. The highest BCUT2D eigenvalue weighted by molar-refractivity contribution is 7.62. The summed E-state index contributed by atoms with van der Waals surface area (Å²) in [6, 6.07) is 0.612. The zero-order chi connectivity index (χ0) is 10.5. The van der Waals surface area contributed by atoms with Gasteiger partial charge in [0.05, 0.1) is 7.14 Å². The normalized spacial score (nSPS) is 13.3. The molecule has 6 heteroatoms. The lowest BCUT2D eigenvalue weighted by atomic mass is 11.0. The number of hydrogen-bond donors (Lipinski definition) is 0. The van der Waals surface area contributed by atoms with Crippen molar-refractivity contribution in [1.29, 1.82) is 0 Å². The van der Waals surface area contributed by atoms with Gasteiger partial charge in [0.2, 0.25) is 0 Å². The van der Waals surface area contributed by atoms with Crippen LogP contribution in [0.3, 0.4) is 0 Å². The van der Waals surface area contributed by atoms with E-state index >= 15 is 0 Å². The van der Waals surface area contributed by atoms with E-state index in [-0.39, 0.29) is 0 Å².